The van der Waals surface area contributed by atoms with E-state index in [0.29, 0.717) is 67.8 Å². The van der Waals surface area contributed by atoms with Crippen LogP contribution in [-0.2, 0) is 32.5 Å². The minimum Gasteiger partial charge on any atom is -0.485 e. The van der Waals surface area contributed by atoms with Gasteiger partial charge in [0.15, 0.2) is 17.9 Å². The molecule has 5 atom stereocenters. The van der Waals surface area contributed by atoms with E-state index in [4.69, 9.17) is 30.8 Å². The third-order valence-corrected chi connectivity index (χ3v) is 13.0. The average Bonchev–Trinajstić information content (AvgIpc) is 3.11. The van der Waals surface area contributed by atoms with Gasteiger partial charge in [-0.05, 0) is 106 Å². The van der Waals surface area contributed by atoms with E-state index in [1.165, 1.54) is 6.07 Å². The number of amides is 1. The SMILES string of the molecule is C=C[C@H](C1OCC(N(C)C)CO1)[C@@H]1CC[C@H]1CN1CCCCc2cc(Cl)ccc2COc2ccc(C(=O)NS(=O)(=O)[C@H](C)[C@@H](C)CC)nc21. The van der Waals surface area contributed by atoms with Crippen LogP contribution in [0.15, 0.2) is 43.0 Å². The number of benzene rings is 1. The van der Waals surface area contributed by atoms with Gasteiger partial charge in [-0.15, -0.1) is 6.58 Å². The van der Waals surface area contributed by atoms with E-state index in [0.717, 1.165) is 43.2 Å². The maximum Gasteiger partial charge on any atom is 0.283 e. The summed E-state index contributed by atoms with van der Waals surface area (Å²) in [6, 6.07) is 9.37. The summed E-state index contributed by atoms with van der Waals surface area (Å²) < 4.78 is 47.3. The van der Waals surface area contributed by atoms with E-state index in [1.807, 2.05) is 52.2 Å². The van der Waals surface area contributed by atoms with Gasteiger partial charge in [-0.1, -0.05) is 44.0 Å². The van der Waals surface area contributed by atoms with E-state index < -0.39 is 21.2 Å². The number of aryl methyl sites for hydroxylation is 1. The first kappa shape index (κ1) is 37.6. The molecule has 2 fully saturated rings. The second-order valence-corrected chi connectivity index (χ2v) is 16.6. The minimum atomic E-state index is -3.90. The Labute approximate surface area is 297 Å². The third kappa shape index (κ3) is 8.97. The number of hydrogen-bond donors (Lipinski definition) is 1. The highest BCUT2D eigenvalue weighted by molar-refractivity contribution is 7.90. The Bertz CT molecular complexity index is 1560. The van der Waals surface area contributed by atoms with Gasteiger partial charge in [0.25, 0.3) is 5.91 Å². The van der Waals surface area contributed by atoms with Gasteiger partial charge in [0, 0.05) is 24.0 Å². The lowest BCUT2D eigenvalue weighted by atomic mass is 9.66. The van der Waals surface area contributed by atoms with Crippen molar-refractivity contribution in [3.05, 3.63) is 64.8 Å². The number of aromatic nitrogens is 1. The molecule has 1 N–H and O–H groups in total. The molecule has 3 aliphatic rings. The summed E-state index contributed by atoms with van der Waals surface area (Å²) in [5.41, 5.74) is 2.24. The average molecular weight is 717 g/mol. The van der Waals surface area contributed by atoms with Crippen molar-refractivity contribution in [1.82, 2.24) is 14.6 Å². The molecule has 3 heterocycles. The zero-order valence-corrected chi connectivity index (χ0v) is 31.1. The zero-order chi connectivity index (χ0) is 35.3. The minimum absolute atomic E-state index is 0.0305. The molecular weight excluding hydrogens is 664 g/mol. The zero-order valence-electron chi connectivity index (χ0n) is 29.6. The number of carbonyl (C=O) groups is 1. The van der Waals surface area contributed by atoms with Gasteiger partial charge in [0.05, 0.1) is 24.5 Å². The molecule has 1 aliphatic carbocycles. The van der Waals surface area contributed by atoms with Crippen molar-refractivity contribution in [2.24, 2.45) is 23.7 Å². The molecule has 49 heavy (non-hydrogen) atoms. The molecule has 1 aromatic carbocycles. The molecule has 0 radical (unpaired) electrons. The number of nitrogens with zero attached hydrogens (tertiary/aromatic N) is 3. The van der Waals surface area contributed by atoms with Crippen LogP contribution in [0.25, 0.3) is 0 Å². The molecule has 5 rings (SSSR count). The first-order valence-electron chi connectivity index (χ1n) is 17.7. The standard InChI is InChI=1S/C37H53ClN4O6S/c1-7-24(3)25(4)49(44,45)40-36(43)33-16-17-34-35(39-33)42(18-10-9-11-26-19-29(38)14-12-28(26)21-46-34)20-27-13-15-32(27)31(8-2)37-47-22-30(23-48-37)41(5)6/h8,12,14,16-17,19,24-25,27,30-32,37H,2,7,9-11,13,15,18,20-23H2,1,3-6H3,(H,40,43)/t24-,25+,27-,30?,31-,32+,37?/m0/s1. The number of hydrogen-bond acceptors (Lipinski definition) is 9. The Balaban J connectivity index is 1.41. The lowest BCUT2D eigenvalue weighted by Gasteiger charge is -2.47. The van der Waals surface area contributed by atoms with Gasteiger partial charge >= 0.3 is 0 Å². The lowest BCUT2D eigenvalue weighted by molar-refractivity contribution is -0.230. The normalized spacial score (nSPS) is 25.0. The second kappa shape index (κ2) is 16.5. The van der Waals surface area contributed by atoms with Crippen LogP contribution in [0.2, 0.25) is 5.02 Å². The molecule has 270 valence electrons. The molecule has 1 saturated heterocycles. The number of likely N-dealkylation sites (N-methyl/N-ethyl adjacent to an activating group) is 1. The van der Waals surface area contributed by atoms with Crippen LogP contribution in [0.5, 0.6) is 5.75 Å². The Hall–Kier alpha value is -2.70. The van der Waals surface area contributed by atoms with Gasteiger partial charge < -0.3 is 24.0 Å². The fourth-order valence-corrected chi connectivity index (χ4v) is 8.51. The summed E-state index contributed by atoms with van der Waals surface area (Å²) in [5.74, 6) is 0.891. The number of pyridine rings is 1. The first-order valence-corrected chi connectivity index (χ1v) is 19.6. The molecule has 0 bridgehead atoms. The van der Waals surface area contributed by atoms with E-state index in [9.17, 15) is 13.2 Å². The van der Waals surface area contributed by atoms with Gasteiger partial charge in [-0.3, -0.25) is 4.79 Å². The molecule has 0 unspecified atom stereocenters. The molecule has 1 amide bonds. The van der Waals surface area contributed by atoms with Crippen LogP contribution < -0.4 is 14.4 Å². The summed E-state index contributed by atoms with van der Waals surface area (Å²) in [6.45, 7) is 12.5. The molecule has 1 aromatic heterocycles. The maximum absolute atomic E-state index is 13.4. The van der Waals surface area contributed by atoms with Crippen molar-refractivity contribution >= 4 is 33.3 Å². The van der Waals surface area contributed by atoms with Gasteiger partial charge in [-0.25, -0.2) is 18.1 Å². The Kier molecular flexibility index (Phi) is 12.7. The number of carbonyl (C=O) groups excluding carboxylic acids is 1. The van der Waals surface area contributed by atoms with Gasteiger partial charge in [0.1, 0.15) is 12.3 Å². The molecule has 2 aromatic rings. The quantitative estimate of drug-likeness (QED) is 0.277. The fraction of sp³-hybridized carbons (Fsp3) is 0.622. The van der Waals surface area contributed by atoms with Crippen LogP contribution in [0, 0.1) is 23.7 Å². The largest absolute Gasteiger partial charge is 0.485 e. The van der Waals surface area contributed by atoms with E-state index in [1.54, 1.807) is 13.0 Å². The summed E-state index contributed by atoms with van der Waals surface area (Å²) in [5, 5.41) is -0.0315. The second-order valence-electron chi connectivity index (χ2n) is 14.2. The molecule has 2 aliphatic heterocycles. The number of ether oxygens (including phenoxy) is 3. The van der Waals surface area contributed by atoms with Crippen molar-refractivity contribution in [2.45, 2.75) is 83.5 Å². The third-order valence-electron chi connectivity index (χ3n) is 10.9. The van der Waals surface area contributed by atoms with Crippen LogP contribution >= 0.6 is 11.6 Å². The Morgan fingerprint density at radius 3 is 2.55 bits per heavy atom. The summed E-state index contributed by atoms with van der Waals surface area (Å²) in [4.78, 5) is 22.6. The first-order chi connectivity index (χ1) is 23.4. The number of anilines is 1. The fourth-order valence-electron chi connectivity index (χ4n) is 6.97. The highest BCUT2D eigenvalue weighted by atomic mass is 35.5. The molecule has 12 heteroatoms. The maximum atomic E-state index is 13.4. The predicted molar refractivity (Wildman–Crippen MR) is 194 cm³/mol. The summed E-state index contributed by atoms with van der Waals surface area (Å²) in [6.07, 6.45) is 7.08. The Morgan fingerprint density at radius 1 is 1.14 bits per heavy atom. The van der Waals surface area contributed by atoms with E-state index in [-0.39, 0.29) is 29.9 Å². The highest BCUT2D eigenvalue weighted by Crippen LogP contribution is 2.44. The van der Waals surface area contributed by atoms with Crippen molar-refractivity contribution in [3.63, 3.8) is 0 Å². The van der Waals surface area contributed by atoms with Gasteiger partial charge in [-0.2, -0.15) is 0 Å². The number of nitrogens with one attached hydrogen (secondary N) is 1. The number of fused-ring (bicyclic) bond motifs is 2. The number of halogens is 1. The van der Waals surface area contributed by atoms with Crippen molar-refractivity contribution in [2.75, 3.05) is 45.3 Å². The highest BCUT2D eigenvalue weighted by Gasteiger charge is 2.42. The van der Waals surface area contributed by atoms with E-state index >= 15 is 0 Å². The topological polar surface area (TPSA) is 110 Å². The lowest BCUT2D eigenvalue weighted by Crippen LogP contribution is -2.50. The van der Waals surface area contributed by atoms with Crippen LogP contribution in [0.4, 0.5) is 5.82 Å². The number of rotatable bonds is 11. The molecular formula is C37H53ClN4O6S. The van der Waals surface area contributed by atoms with Crippen LogP contribution in [0.3, 0.4) is 0 Å². The van der Waals surface area contributed by atoms with Crippen LogP contribution in [-0.4, -0.2) is 82.2 Å². The predicted octanol–water partition coefficient (Wildman–Crippen LogP) is 6.08. The van der Waals surface area contributed by atoms with Crippen molar-refractivity contribution in [1.29, 1.82) is 0 Å². The summed E-state index contributed by atoms with van der Waals surface area (Å²) >= 11 is 6.36. The van der Waals surface area contributed by atoms with Crippen molar-refractivity contribution < 1.29 is 27.4 Å². The molecule has 10 nitrogen and oxygen atoms in total. The van der Waals surface area contributed by atoms with Gasteiger partial charge in [0.2, 0.25) is 10.0 Å². The van der Waals surface area contributed by atoms with Crippen molar-refractivity contribution in [3.8, 4) is 5.75 Å². The number of sulfonamides is 1. The smallest absolute Gasteiger partial charge is 0.283 e. The molecule has 0 spiro atoms. The monoisotopic (exact) mass is 716 g/mol. The molecule has 1 saturated carbocycles. The van der Waals surface area contributed by atoms with Crippen LogP contribution in [0.1, 0.15) is 74.5 Å². The Morgan fingerprint density at radius 2 is 1.90 bits per heavy atom. The van der Waals surface area contributed by atoms with E-state index in [2.05, 4.69) is 21.1 Å². The summed E-state index contributed by atoms with van der Waals surface area (Å²) in [7, 11) is 0.163.